The van der Waals surface area contributed by atoms with Crippen LogP contribution < -0.4 is 4.72 Å². The molecule has 132 valence electrons. The van der Waals surface area contributed by atoms with E-state index in [1.165, 1.54) is 21.7 Å². The fraction of sp³-hybridized carbons (Fsp3) is 0.357. The summed E-state index contributed by atoms with van der Waals surface area (Å²) >= 11 is 1.17. The lowest BCUT2D eigenvalue weighted by atomic mass is 10.3. The maximum Gasteiger partial charge on any atom is 0.250 e. The molecule has 0 saturated heterocycles. The number of pyridine rings is 1. The molecule has 0 spiro atoms. The van der Waals surface area contributed by atoms with Crippen LogP contribution in [0.25, 0.3) is 0 Å². The molecular weight excluding hydrogens is 370 g/mol. The van der Waals surface area contributed by atoms with Crippen LogP contribution >= 0.6 is 11.3 Å². The molecule has 0 aliphatic rings. The molecule has 0 unspecified atom stereocenters. The SMILES string of the molecule is Cc1ccc(S(=O)(=O)NCCN(Cc2cccnc2)S(C)(=O)=O)s1. The van der Waals surface area contributed by atoms with E-state index in [1.807, 2.05) is 6.92 Å². The molecule has 0 aliphatic heterocycles. The molecule has 0 bridgehead atoms. The number of rotatable bonds is 8. The summed E-state index contributed by atoms with van der Waals surface area (Å²) < 4.78 is 52.0. The van der Waals surface area contributed by atoms with Crippen molar-refractivity contribution in [3.05, 3.63) is 47.1 Å². The van der Waals surface area contributed by atoms with Gasteiger partial charge in [0.1, 0.15) is 4.21 Å². The largest absolute Gasteiger partial charge is 0.264 e. The van der Waals surface area contributed by atoms with E-state index in [0.717, 1.165) is 16.7 Å². The zero-order valence-electron chi connectivity index (χ0n) is 13.3. The normalized spacial score (nSPS) is 12.6. The number of thiophene rings is 1. The number of hydrogen-bond acceptors (Lipinski definition) is 6. The quantitative estimate of drug-likeness (QED) is 0.732. The summed E-state index contributed by atoms with van der Waals surface area (Å²) in [5, 5.41) is 0. The van der Waals surface area contributed by atoms with E-state index in [9.17, 15) is 16.8 Å². The van der Waals surface area contributed by atoms with Crippen molar-refractivity contribution >= 4 is 31.4 Å². The van der Waals surface area contributed by atoms with E-state index in [4.69, 9.17) is 0 Å². The number of hydrogen-bond donors (Lipinski definition) is 1. The van der Waals surface area contributed by atoms with Crippen molar-refractivity contribution in [1.29, 1.82) is 0 Å². The van der Waals surface area contributed by atoms with Crippen molar-refractivity contribution in [2.45, 2.75) is 17.7 Å². The van der Waals surface area contributed by atoms with E-state index in [0.29, 0.717) is 0 Å². The summed E-state index contributed by atoms with van der Waals surface area (Å²) in [5.41, 5.74) is 0.736. The van der Waals surface area contributed by atoms with Crippen LogP contribution in [-0.2, 0) is 26.6 Å². The minimum atomic E-state index is -3.62. The fourth-order valence-corrected chi connectivity index (χ4v) is 5.15. The molecule has 24 heavy (non-hydrogen) atoms. The summed E-state index contributed by atoms with van der Waals surface area (Å²) in [6.45, 7) is 2.00. The van der Waals surface area contributed by atoms with E-state index >= 15 is 0 Å². The molecule has 7 nitrogen and oxygen atoms in total. The van der Waals surface area contributed by atoms with Crippen LogP contribution in [0.4, 0.5) is 0 Å². The first-order valence-corrected chi connectivity index (χ1v) is 11.2. The van der Waals surface area contributed by atoms with Crippen molar-refractivity contribution < 1.29 is 16.8 Å². The lowest BCUT2D eigenvalue weighted by Crippen LogP contribution is -2.37. The van der Waals surface area contributed by atoms with E-state index in [1.54, 1.807) is 30.6 Å². The molecule has 0 aromatic carbocycles. The van der Waals surface area contributed by atoms with Gasteiger partial charge >= 0.3 is 0 Å². The average molecular weight is 390 g/mol. The minimum Gasteiger partial charge on any atom is -0.264 e. The number of aromatic nitrogens is 1. The average Bonchev–Trinajstić information content (AvgIpc) is 2.94. The Morgan fingerprint density at radius 3 is 2.50 bits per heavy atom. The van der Waals surface area contributed by atoms with Crippen molar-refractivity contribution in [2.75, 3.05) is 19.3 Å². The second-order valence-electron chi connectivity index (χ2n) is 5.22. The lowest BCUT2D eigenvalue weighted by Gasteiger charge is -2.20. The van der Waals surface area contributed by atoms with Gasteiger partial charge in [-0.05, 0) is 30.7 Å². The first kappa shape index (κ1) is 19.0. The molecule has 0 radical (unpaired) electrons. The number of nitrogens with zero attached hydrogens (tertiary/aromatic N) is 2. The smallest absolute Gasteiger partial charge is 0.250 e. The third-order valence-corrected chi connectivity index (χ3v) is 7.39. The molecule has 2 rings (SSSR count). The van der Waals surface area contributed by atoms with Crippen LogP contribution in [0.15, 0.2) is 40.9 Å². The van der Waals surface area contributed by atoms with Crippen LogP contribution in [0.5, 0.6) is 0 Å². The van der Waals surface area contributed by atoms with Crippen LogP contribution in [0, 0.1) is 6.92 Å². The predicted molar refractivity (Wildman–Crippen MR) is 93.7 cm³/mol. The maximum absolute atomic E-state index is 12.2. The van der Waals surface area contributed by atoms with Gasteiger partial charge in [-0.25, -0.2) is 21.6 Å². The maximum atomic E-state index is 12.2. The number of aryl methyl sites for hydroxylation is 1. The standard InChI is InChI=1S/C14H19N3O4S3/c1-12-5-6-14(22-12)24(20,21)16-8-9-17(23(2,18)19)11-13-4-3-7-15-10-13/h3-7,10,16H,8-9,11H2,1-2H3. The van der Waals surface area contributed by atoms with Crippen LogP contribution in [0.1, 0.15) is 10.4 Å². The second kappa shape index (κ2) is 7.70. The molecule has 0 saturated carbocycles. The Hall–Kier alpha value is -1.33. The highest BCUT2D eigenvalue weighted by Gasteiger charge is 2.20. The van der Waals surface area contributed by atoms with Gasteiger partial charge < -0.3 is 0 Å². The topological polar surface area (TPSA) is 96.4 Å². The van der Waals surface area contributed by atoms with Gasteiger partial charge in [0.05, 0.1) is 6.26 Å². The van der Waals surface area contributed by atoms with Gasteiger partial charge in [-0.2, -0.15) is 4.31 Å². The molecule has 0 fully saturated rings. The van der Waals surface area contributed by atoms with E-state index in [2.05, 4.69) is 9.71 Å². The molecule has 2 aromatic rings. The molecule has 1 N–H and O–H groups in total. The van der Waals surface area contributed by atoms with Crippen molar-refractivity contribution in [2.24, 2.45) is 0 Å². The van der Waals surface area contributed by atoms with Crippen LogP contribution in [0.2, 0.25) is 0 Å². The van der Waals surface area contributed by atoms with Gasteiger partial charge in [0.15, 0.2) is 0 Å². The highest BCUT2D eigenvalue weighted by Crippen LogP contribution is 2.20. The van der Waals surface area contributed by atoms with E-state index < -0.39 is 20.0 Å². The zero-order valence-corrected chi connectivity index (χ0v) is 15.8. The number of nitrogens with one attached hydrogen (secondary N) is 1. The Morgan fingerprint density at radius 2 is 1.96 bits per heavy atom. The Kier molecular flexibility index (Phi) is 6.10. The van der Waals surface area contributed by atoms with E-state index in [-0.39, 0.29) is 23.8 Å². The first-order valence-electron chi connectivity index (χ1n) is 7.08. The summed E-state index contributed by atoms with van der Waals surface area (Å²) in [4.78, 5) is 4.84. The highest BCUT2D eigenvalue weighted by atomic mass is 32.2. The molecule has 10 heteroatoms. The molecule has 0 aliphatic carbocycles. The Balaban J connectivity index is 2.01. The molecule has 2 aromatic heterocycles. The summed E-state index contributed by atoms with van der Waals surface area (Å²) in [6.07, 6.45) is 4.28. The number of sulfonamides is 2. The summed E-state index contributed by atoms with van der Waals surface area (Å²) in [7, 11) is -7.09. The highest BCUT2D eigenvalue weighted by molar-refractivity contribution is 7.91. The van der Waals surface area contributed by atoms with Crippen LogP contribution in [0.3, 0.4) is 0 Å². The van der Waals surface area contributed by atoms with Crippen molar-refractivity contribution in [3.8, 4) is 0 Å². The summed E-state index contributed by atoms with van der Waals surface area (Å²) in [6, 6.07) is 6.75. The molecule has 0 atom stereocenters. The fourth-order valence-electron chi connectivity index (χ4n) is 1.99. The lowest BCUT2D eigenvalue weighted by molar-refractivity contribution is 0.412. The minimum absolute atomic E-state index is 0.00733. The summed E-state index contributed by atoms with van der Waals surface area (Å²) in [5.74, 6) is 0. The zero-order chi connectivity index (χ0) is 17.8. The first-order chi connectivity index (χ1) is 11.2. The Labute approximate surface area is 146 Å². The van der Waals surface area contributed by atoms with Crippen molar-refractivity contribution in [1.82, 2.24) is 14.0 Å². The van der Waals surface area contributed by atoms with Gasteiger partial charge in [-0.3, -0.25) is 4.98 Å². The molecule has 2 heterocycles. The Bertz CT molecular complexity index is 877. The van der Waals surface area contributed by atoms with Crippen molar-refractivity contribution in [3.63, 3.8) is 0 Å². The monoisotopic (exact) mass is 389 g/mol. The van der Waals surface area contributed by atoms with Gasteiger partial charge in [0.25, 0.3) is 0 Å². The van der Waals surface area contributed by atoms with Crippen LogP contribution in [-0.4, -0.2) is 45.5 Å². The predicted octanol–water partition coefficient (Wildman–Crippen LogP) is 1.19. The third-order valence-electron chi connectivity index (χ3n) is 3.18. The van der Waals surface area contributed by atoms with Gasteiger partial charge in [0.2, 0.25) is 20.0 Å². The van der Waals surface area contributed by atoms with Gasteiger partial charge in [-0.1, -0.05) is 6.07 Å². The van der Waals surface area contributed by atoms with Gasteiger partial charge in [-0.15, -0.1) is 11.3 Å². The van der Waals surface area contributed by atoms with Gasteiger partial charge in [0, 0.05) is 36.9 Å². The third kappa shape index (κ3) is 5.35. The molecular formula is C14H19N3O4S3. The molecule has 0 amide bonds. The second-order valence-corrected chi connectivity index (χ2v) is 10.5. The Morgan fingerprint density at radius 1 is 1.21 bits per heavy atom.